The van der Waals surface area contributed by atoms with E-state index in [9.17, 15) is 9.59 Å². The predicted molar refractivity (Wildman–Crippen MR) is 71.0 cm³/mol. The van der Waals surface area contributed by atoms with E-state index in [0.29, 0.717) is 18.5 Å². The maximum atomic E-state index is 11.9. The summed E-state index contributed by atoms with van der Waals surface area (Å²) in [5.41, 5.74) is 0. The Hall–Kier alpha value is -1.30. The van der Waals surface area contributed by atoms with Gasteiger partial charge in [-0.25, -0.2) is 9.59 Å². The van der Waals surface area contributed by atoms with Crippen LogP contribution >= 0.6 is 0 Å². The molecular weight excluding hydrogens is 248 g/mol. The molecule has 6 nitrogen and oxygen atoms in total. The van der Waals surface area contributed by atoms with Gasteiger partial charge in [-0.1, -0.05) is 19.8 Å². The minimum absolute atomic E-state index is 0.113. The van der Waals surface area contributed by atoms with Crippen molar-refractivity contribution in [3.63, 3.8) is 0 Å². The largest absolute Gasteiger partial charge is 0.480 e. The summed E-state index contributed by atoms with van der Waals surface area (Å²) in [5.74, 6) is -0.326. The van der Waals surface area contributed by atoms with Gasteiger partial charge in [-0.2, -0.15) is 0 Å². The molecule has 2 amide bonds. The first-order valence-corrected chi connectivity index (χ1v) is 6.81. The van der Waals surface area contributed by atoms with E-state index in [1.165, 1.54) is 12.8 Å². The number of carbonyl (C=O) groups is 2. The van der Waals surface area contributed by atoms with E-state index in [-0.39, 0.29) is 19.2 Å². The molecule has 2 unspecified atom stereocenters. The third-order valence-electron chi connectivity index (χ3n) is 3.52. The van der Waals surface area contributed by atoms with Gasteiger partial charge in [0.15, 0.2) is 0 Å². The van der Waals surface area contributed by atoms with Crippen molar-refractivity contribution in [2.45, 2.75) is 38.6 Å². The summed E-state index contributed by atoms with van der Waals surface area (Å²) in [6, 6.07) is 0.196. The zero-order chi connectivity index (χ0) is 14.3. The lowest BCUT2D eigenvalue weighted by Gasteiger charge is -2.34. The SMILES string of the molecule is CC1CCCC(N(C)C(=O)NCCOCC(=O)O)C1. The topological polar surface area (TPSA) is 78.9 Å². The number of urea groups is 1. The fourth-order valence-corrected chi connectivity index (χ4v) is 2.43. The second-order valence-electron chi connectivity index (χ2n) is 5.21. The minimum Gasteiger partial charge on any atom is -0.480 e. The monoisotopic (exact) mass is 272 g/mol. The first kappa shape index (κ1) is 15.8. The first-order valence-electron chi connectivity index (χ1n) is 6.81. The summed E-state index contributed by atoms with van der Waals surface area (Å²) in [5, 5.41) is 11.1. The van der Waals surface area contributed by atoms with Crippen molar-refractivity contribution in [3.8, 4) is 0 Å². The highest BCUT2D eigenvalue weighted by Crippen LogP contribution is 2.26. The van der Waals surface area contributed by atoms with Gasteiger partial charge in [0, 0.05) is 19.6 Å². The van der Waals surface area contributed by atoms with E-state index in [1.807, 2.05) is 7.05 Å². The van der Waals surface area contributed by atoms with Crippen molar-refractivity contribution >= 4 is 12.0 Å². The lowest BCUT2D eigenvalue weighted by Crippen LogP contribution is -2.46. The van der Waals surface area contributed by atoms with Crippen LogP contribution in [0.2, 0.25) is 0 Å². The van der Waals surface area contributed by atoms with Crippen LogP contribution in [0.3, 0.4) is 0 Å². The van der Waals surface area contributed by atoms with Gasteiger partial charge in [-0.15, -0.1) is 0 Å². The van der Waals surface area contributed by atoms with E-state index in [0.717, 1.165) is 12.8 Å². The fourth-order valence-electron chi connectivity index (χ4n) is 2.43. The van der Waals surface area contributed by atoms with Gasteiger partial charge in [0.25, 0.3) is 0 Å². The molecule has 2 atom stereocenters. The number of ether oxygens (including phenoxy) is 1. The molecule has 0 spiro atoms. The average molecular weight is 272 g/mol. The van der Waals surface area contributed by atoms with Gasteiger partial charge in [0.05, 0.1) is 6.61 Å². The van der Waals surface area contributed by atoms with Crippen molar-refractivity contribution in [1.82, 2.24) is 10.2 Å². The van der Waals surface area contributed by atoms with E-state index in [2.05, 4.69) is 12.2 Å². The number of amides is 2. The lowest BCUT2D eigenvalue weighted by molar-refractivity contribution is -0.142. The number of nitrogens with one attached hydrogen (secondary N) is 1. The Morgan fingerprint density at radius 1 is 1.42 bits per heavy atom. The number of rotatable bonds is 6. The Morgan fingerprint density at radius 2 is 2.16 bits per heavy atom. The number of hydrogen-bond donors (Lipinski definition) is 2. The van der Waals surface area contributed by atoms with Gasteiger partial charge in [-0.3, -0.25) is 0 Å². The zero-order valence-corrected chi connectivity index (χ0v) is 11.7. The number of carboxylic acids is 1. The van der Waals surface area contributed by atoms with Crippen LogP contribution in [0.4, 0.5) is 4.79 Å². The first-order chi connectivity index (χ1) is 9.00. The molecule has 110 valence electrons. The lowest BCUT2D eigenvalue weighted by atomic mass is 9.86. The molecule has 1 saturated carbocycles. The molecule has 0 saturated heterocycles. The molecule has 1 aliphatic rings. The molecule has 1 fully saturated rings. The summed E-state index contributed by atoms with van der Waals surface area (Å²) < 4.78 is 4.85. The maximum absolute atomic E-state index is 11.9. The second-order valence-corrected chi connectivity index (χ2v) is 5.21. The molecule has 2 N–H and O–H groups in total. The van der Waals surface area contributed by atoms with Crippen LogP contribution in [0.5, 0.6) is 0 Å². The average Bonchev–Trinajstić information content (AvgIpc) is 2.36. The van der Waals surface area contributed by atoms with Crippen molar-refractivity contribution in [1.29, 1.82) is 0 Å². The quantitative estimate of drug-likeness (QED) is 0.714. The van der Waals surface area contributed by atoms with Crippen molar-refractivity contribution < 1.29 is 19.4 Å². The molecular formula is C13H24N2O4. The van der Waals surface area contributed by atoms with Gasteiger partial charge in [-0.05, 0) is 18.8 Å². The third-order valence-corrected chi connectivity index (χ3v) is 3.52. The Bertz CT molecular complexity index is 309. The number of carbonyl (C=O) groups excluding carboxylic acids is 1. The molecule has 0 aromatic heterocycles. The Kier molecular flexibility index (Phi) is 6.62. The van der Waals surface area contributed by atoms with Gasteiger partial charge in [0.2, 0.25) is 0 Å². The van der Waals surface area contributed by atoms with Crippen LogP contribution in [0.25, 0.3) is 0 Å². The number of nitrogens with zero attached hydrogens (tertiary/aromatic N) is 1. The van der Waals surface area contributed by atoms with E-state index in [1.54, 1.807) is 4.90 Å². The molecule has 0 aliphatic heterocycles. The van der Waals surface area contributed by atoms with Gasteiger partial charge < -0.3 is 20.1 Å². The smallest absolute Gasteiger partial charge is 0.329 e. The summed E-state index contributed by atoms with van der Waals surface area (Å²) in [4.78, 5) is 23.9. The van der Waals surface area contributed by atoms with Crippen LogP contribution in [0.15, 0.2) is 0 Å². The van der Waals surface area contributed by atoms with Gasteiger partial charge in [0.1, 0.15) is 6.61 Å². The normalized spacial score (nSPS) is 22.8. The Balaban J connectivity index is 2.19. The van der Waals surface area contributed by atoms with E-state index >= 15 is 0 Å². The summed E-state index contributed by atoms with van der Waals surface area (Å²) in [6.07, 6.45) is 4.53. The minimum atomic E-state index is -1.00. The van der Waals surface area contributed by atoms with Crippen LogP contribution in [-0.4, -0.2) is 54.9 Å². The van der Waals surface area contributed by atoms with Crippen molar-refractivity contribution in [3.05, 3.63) is 0 Å². The van der Waals surface area contributed by atoms with Crippen molar-refractivity contribution in [2.75, 3.05) is 26.8 Å². The molecule has 19 heavy (non-hydrogen) atoms. The fraction of sp³-hybridized carbons (Fsp3) is 0.846. The number of hydrogen-bond acceptors (Lipinski definition) is 3. The maximum Gasteiger partial charge on any atom is 0.329 e. The van der Waals surface area contributed by atoms with E-state index < -0.39 is 5.97 Å². The van der Waals surface area contributed by atoms with Crippen LogP contribution < -0.4 is 5.32 Å². The van der Waals surface area contributed by atoms with Crippen LogP contribution in [0, 0.1) is 5.92 Å². The second kappa shape index (κ2) is 7.99. The van der Waals surface area contributed by atoms with Gasteiger partial charge >= 0.3 is 12.0 Å². The van der Waals surface area contributed by atoms with E-state index in [4.69, 9.17) is 9.84 Å². The molecule has 0 bridgehead atoms. The molecule has 0 radical (unpaired) electrons. The predicted octanol–water partition coefficient (Wildman–Crippen LogP) is 1.31. The highest BCUT2D eigenvalue weighted by molar-refractivity contribution is 5.74. The number of aliphatic carboxylic acids is 1. The molecule has 6 heteroatoms. The molecule has 0 heterocycles. The number of carboxylic acid groups (broad SMARTS) is 1. The molecule has 1 aliphatic carbocycles. The van der Waals surface area contributed by atoms with Crippen LogP contribution in [0.1, 0.15) is 32.6 Å². The highest BCUT2D eigenvalue weighted by Gasteiger charge is 2.25. The van der Waals surface area contributed by atoms with Crippen molar-refractivity contribution in [2.24, 2.45) is 5.92 Å². The summed E-state index contributed by atoms with van der Waals surface area (Å²) in [6.45, 7) is 2.44. The molecule has 1 rings (SSSR count). The highest BCUT2D eigenvalue weighted by atomic mass is 16.5. The Labute approximate surface area is 114 Å². The van der Waals surface area contributed by atoms with Crippen LogP contribution in [-0.2, 0) is 9.53 Å². The Morgan fingerprint density at radius 3 is 2.79 bits per heavy atom. The molecule has 0 aromatic carbocycles. The summed E-state index contributed by atoms with van der Waals surface area (Å²) in [7, 11) is 1.82. The standard InChI is InChI=1S/C13H24N2O4/c1-10-4-3-5-11(8-10)15(2)13(18)14-6-7-19-9-12(16)17/h10-11H,3-9H2,1-2H3,(H,14,18)(H,16,17). The zero-order valence-electron chi connectivity index (χ0n) is 11.7. The molecule has 0 aromatic rings. The third kappa shape index (κ3) is 5.92. The summed E-state index contributed by atoms with van der Waals surface area (Å²) >= 11 is 0.